The Labute approximate surface area is 78.6 Å². The number of aromatic hydroxyl groups is 1. The van der Waals surface area contributed by atoms with Crippen molar-refractivity contribution in [1.29, 1.82) is 0 Å². The third-order valence-corrected chi connectivity index (χ3v) is 1.79. The molecule has 0 aliphatic carbocycles. The van der Waals surface area contributed by atoms with Crippen molar-refractivity contribution in [2.24, 2.45) is 0 Å². The van der Waals surface area contributed by atoms with Gasteiger partial charge < -0.3 is 10.4 Å². The molecule has 0 atom stereocenters. The smallest absolute Gasteiger partial charge is 0.119 e. The molecule has 2 heteroatoms. The zero-order valence-electron chi connectivity index (χ0n) is 7.89. The molecule has 0 spiro atoms. The maximum absolute atomic E-state index is 9.37. The molecule has 0 amide bonds. The molecular weight excluding hydrogens is 162 g/mol. The first-order valence-electron chi connectivity index (χ1n) is 4.17. The van der Waals surface area contributed by atoms with E-state index in [-0.39, 0.29) is 0 Å². The fourth-order valence-corrected chi connectivity index (χ4v) is 0.987. The Morgan fingerprint density at radius 3 is 2.92 bits per heavy atom. The molecule has 0 unspecified atom stereocenters. The van der Waals surface area contributed by atoms with Crippen LogP contribution in [0.3, 0.4) is 0 Å². The first kappa shape index (κ1) is 9.63. The minimum Gasteiger partial charge on any atom is -0.508 e. The molecule has 0 fully saturated rings. The second-order valence-corrected chi connectivity index (χ2v) is 2.78. The molecule has 0 radical (unpaired) electrons. The Hall–Kier alpha value is -1.46. The fourth-order valence-electron chi connectivity index (χ4n) is 0.987. The quantitative estimate of drug-likeness (QED) is 0.630. The molecule has 13 heavy (non-hydrogen) atoms. The van der Waals surface area contributed by atoms with E-state index >= 15 is 0 Å². The van der Waals surface area contributed by atoms with Crippen LogP contribution in [0, 0.1) is 18.8 Å². The van der Waals surface area contributed by atoms with Gasteiger partial charge in [0.15, 0.2) is 0 Å². The van der Waals surface area contributed by atoms with Crippen LogP contribution in [0.15, 0.2) is 18.2 Å². The van der Waals surface area contributed by atoms with Crippen molar-refractivity contribution < 1.29 is 5.11 Å². The summed E-state index contributed by atoms with van der Waals surface area (Å²) in [6, 6.07) is 5.36. The van der Waals surface area contributed by atoms with Gasteiger partial charge in [0.05, 0.1) is 6.54 Å². The second kappa shape index (κ2) is 4.54. The zero-order valence-corrected chi connectivity index (χ0v) is 7.89. The van der Waals surface area contributed by atoms with E-state index in [1.54, 1.807) is 12.1 Å². The highest BCUT2D eigenvalue weighted by Gasteiger charge is 1.97. The molecule has 0 aromatic heterocycles. The van der Waals surface area contributed by atoms with Crippen molar-refractivity contribution in [2.75, 3.05) is 13.6 Å². The molecule has 0 bridgehead atoms. The lowest BCUT2D eigenvalue weighted by atomic mass is 10.1. The highest BCUT2D eigenvalue weighted by Crippen LogP contribution is 2.18. The van der Waals surface area contributed by atoms with E-state index in [0.29, 0.717) is 12.3 Å². The predicted molar refractivity (Wildman–Crippen MR) is 53.6 cm³/mol. The number of rotatable bonds is 1. The van der Waals surface area contributed by atoms with Crippen LogP contribution in [-0.2, 0) is 0 Å². The Balaban J connectivity index is 2.91. The van der Waals surface area contributed by atoms with Gasteiger partial charge in [0, 0.05) is 11.1 Å². The summed E-state index contributed by atoms with van der Waals surface area (Å²) in [5.41, 5.74) is 1.72. The van der Waals surface area contributed by atoms with Crippen LogP contribution >= 0.6 is 0 Å². The van der Waals surface area contributed by atoms with Crippen molar-refractivity contribution >= 4 is 0 Å². The number of hydrogen-bond acceptors (Lipinski definition) is 2. The minimum atomic E-state index is 0.302. The summed E-state index contributed by atoms with van der Waals surface area (Å²) in [5.74, 6) is 6.23. The van der Waals surface area contributed by atoms with E-state index in [1.807, 2.05) is 20.0 Å². The average molecular weight is 175 g/mol. The van der Waals surface area contributed by atoms with Crippen LogP contribution in [0.4, 0.5) is 0 Å². The van der Waals surface area contributed by atoms with Crippen molar-refractivity contribution in [3.63, 3.8) is 0 Å². The zero-order chi connectivity index (χ0) is 9.68. The largest absolute Gasteiger partial charge is 0.508 e. The van der Waals surface area contributed by atoms with Crippen LogP contribution in [0.5, 0.6) is 5.75 Å². The first-order valence-corrected chi connectivity index (χ1v) is 4.17. The van der Waals surface area contributed by atoms with E-state index in [4.69, 9.17) is 0 Å². The predicted octanol–water partition coefficient (Wildman–Crippen LogP) is 1.27. The van der Waals surface area contributed by atoms with Crippen LogP contribution in [0.1, 0.15) is 11.1 Å². The molecule has 1 aromatic rings. The molecule has 0 aliphatic rings. The molecule has 2 nitrogen and oxygen atoms in total. The van der Waals surface area contributed by atoms with Gasteiger partial charge in [-0.3, -0.25) is 0 Å². The van der Waals surface area contributed by atoms with E-state index < -0.39 is 0 Å². The average Bonchev–Trinajstić information content (AvgIpc) is 2.13. The first-order chi connectivity index (χ1) is 6.25. The Bertz CT molecular complexity index is 347. The van der Waals surface area contributed by atoms with E-state index in [1.165, 1.54) is 0 Å². The van der Waals surface area contributed by atoms with Crippen molar-refractivity contribution in [2.45, 2.75) is 6.92 Å². The lowest BCUT2D eigenvalue weighted by molar-refractivity contribution is 0.471. The molecule has 0 saturated heterocycles. The standard InChI is InChI=1S/C11H13NO/c1-9-10(6-4-8-12-2)5-3-7-11(9)13/h3,5,7,12-13H,8H2,1-2H3. The third-order valence-electron chi connectivity index (χ3n) is 1.79. The van der Waals surface area contributed by atoms with Crippen molar-refractivity contribution in [1.82, 2.24) is 5.32 Å². The highest BCUT2D eigenvalue weighted by atomic mass is 16.3. The van der Waals surface area contributed by atoms with Crippen LogP contribution < -0.4 is 5.32 Å². The van der Waals surface area contributed by atoms with Crippen molar-refractivity contribution in [3.05, 3.63) is 29.3 Å². The molecular formula is C11H13NO. The van der Waals surface area contributed by atoms with Gasteiger partial charge in [-0.25, -0.2) is 0 Å². The number of nitrogens with one attached hydrogen (secondary N) is 1. The maximum Gasteiger partial charge on any atom is 0.119 e. The molecule has 0 heterocycles. The molecule has 1 aromatic carbocycles. The van der Waals surface area contributed by atoms with Gasteiger partial charge in [-0.2, -0.15) is 0 Å². The number of phenols is 1. The molecule has 1 rings (SSSR count). The minimum absolute atomic E-state index is 0.302. The van der Waals surface area contributed by atoms with Gasteiger partial charge in [0.25, 0.3) is 0 Å². The van der Waals surface area contributed by atoms with Crippen LogP contribution in [0.2, 0.25) is 0 Å². The highest BCUT2D eigenvalue weighted by molar-refractivity contribution is 5.47. The monoisotopic (exact) mass is 175 g/mol. The van der Waals surface area contributed by atoms with Crippen molar-refractivity contribution in [3.8, 4) is 17.6 Å². The van der Waals surface area contributed by atoms with E-state index in [9.17, 15) is 5.11 Å². The molecule has 2 N–H and O–H groups in total. The lowest BCUT2D eigenvalue weighted by Gasteiger charge is -1.99. The van der Waals surface area contributed by atoms with Gasteiger partial charge in [0.1, 0.15) is 5.75 Å². The normalized spacial score (nSPS) is 9.08. The Morgan fingerprint density at radius 1 is 1.46 bits per heavy atom. The Kier molecular flexibility index (Phi) is 3.36. The van der Waals surface area contributed by atoms with Gasteiger partial charge in [-0.1, -0.05) is 17.9 Å². The summed E-state index contributed by atoms with van der Waals surface area (Å²) >= 11 is 0. The summed E-state index contributed by atoms with van der Waals surface area (Å²) < 4.78 is 0. The molecule has 68 valence electrons. The van der Waals surface area contributed by atoms with E-state index in [0.717, 1.165) is 11.1 Å². The summed E-state index contributed by atoms with van der Waals surface area (Å²) in [4.78, 5) is 0. The number of benzene rings is 1. The summed E-state index contributed by atoms with van der Waals surface area (Å²) in [5, 5.41) is 12.3. The number of hydrogen-bond donors (Lipinski definition) is 2. The lowest BCUT2D eigenvalue weighted by Crippen LogP contribution is -2.04. The van der Waals surface area contributed by atoms with Gasteiger partial charge in [-0.15, -0.1) is 0 Å². The molecule has 0 saturated carbocycles. The SMILES string of the molecule is CNCC#Cc1cccc(O)c1C. The summed E-state index contributed by atoms with van der Waals surface area (Å²) in [6.45, 7) is 2.52. The second-order valence-electron chi connectivity index (χ2n) is 2.78. The topological polar surface area (TPSA) is 32.3 Å². The van der Waals surface area contributed by atoms with E-state index in [2.05, 4.69) is 17.2 Å². The maximum atomic E-state index is 9.37. The third kappa shape index (κ3) is 2.50. The fraction of sp³-hybridized carbons (Fsp3) is 0.273. The van der Waals surface area contributed by atoms with Gasteiger partial charge in [-0.05, 0) is 26.1 Å². The van der Waals surface area contributed by atoms with Gasteiger partial charge >= 0.3 is 0 Å². The molecule has 0 aliphatic heterocycles. The van der Waals surface area contributed by atoms with Crippen LogP contribution in [-0.4, -0.2) is 18.7 Å². The summed E-state index contributed by atoms with van der Waals surface area (Å²) in [6.07, 6.45) is 0. The Morgan fingerprint density at radius 2 is 2.23 bits per heavy atom. The number of phenolic OH excluding ortho intramolecular Hbond substituents is 1. The summed E-state index contributed by atoms with van der Waals surface area (Å²) in [7, 11) is 1.85. The van der Waals surface area contributed by atoms with Crippen LogP contribution in [0.25, 0.3) is 0 Å². The van der Waals surface area contributed by atoms with Gasteiger partial charge in [0.2, 0.25) is 0 Å².